The molecule has 2 aliphatic rings. The molecule has 1 atom stereocenters. The summed E-state index contributed by atoms with van der Waals surface area (Å²) in [5.41, 5.74) is -0.553. The molecule has 0 aromatic carbocycles. The van der Waals surface area contributed by atoms with E-state index in [-0.39, 0.29) is 0 Å². The number of rotatable bonds is 1. The Morgan fingerprint density at radius 3 is 2.53 bits per heavy atom. The van der Waals surface area contributed by atoms with Crippen LogP contribution in [0.25, 0.3) is 0 Å². The fourth-order valence-corrected chi connectivity index (χ4v) is 1.99. The predicted molar refractivity (Wildman–Crippen MR) is 71.1 cm³/mol. The number of nitrogens with zero attached hydrogens (tertiary/aromatic N) is 4. The zero-order chi connectivity index (χ0) is 12.5. The average molecular weight is 235 g/mol. The van der Waals surface area contributed by atoms with Crippen LogP contribution in [0, 0.1) is 0 Å². The molecule has 0 saturated carbocycles. The third-order valence-corrected chi connectivity index (χ3v) is 3.10. The molecule has 0 radical (unpaired) electrons. The highest BCUT2D eigenvalue weighted by molar-refractivity contribution is 6.00. The Kier molecular flexibility index (Phi) is 3.09. The van der Waals surface area contributed by atoms with E-state index >= 15 is 0 Å². The van der Waals surface area contributed by atoms with Gasteiger partial charge in [0, 0.05) is 27.2 Å². The van der Waals surface area contributed by atoms with Crippen molar-refractivity contribution in [3.63, 3.8) is 0 Å². The minimum absolute atomic E-state index is 0.553. The lowest BCUT2D eigenvalue weighted by molar-refractivity contribution is 0.465. The zero-order valence-electron chi connectivity index (χ0n) is 10.9. The molecule has 5 nitrogen and oxygen atoms in total. The standard InChI is InChI=1S/C12H21N5/c1-5-12(2)14-10(16(3)4)13-11(15-12)17-8-6-7-9-17/h5H,1,6-9H2,2-4H3,(H,13,14,15). The van der Waals surface area contributed by atoms with E-state index in [9.17, 15) is 0 Å². The summed E-state index contributed by atoms with van der Waals surface area (Å²) in [4.78, 5) is 13.4. The van der Waals surface area contributed by atoms with Crippen molar-refractivity contribution >= 4 is 11.9 Å². The van der Waals surface area contributed by atoms with Gasteiger partial charge in [0.25, 0.3) is 0 Å². The quantitative estimate of drug-likeness (QED) is 0.686. The first kappa shape index (κ1) is 12.0. The Labute approximate surface area is 103 Å². The molecular weight excluding hydrogens is 214 g/mol. The summed E-state index contributed by atoms with van der Waals surface area (Å²) in [6.07, 6.45) is 4.26. The van der Waals surface area contributed by atoms with Gasteiger partial charge in [-0.15, -0.1) is 0 Å². The van der Waals surface area contributed by atoms with Gasteiger partial charge in [0.05, 0.1) is 0 Å². The molecule has 2 rings (SSSR count). The Bertz CT molecular complexity index is 365. The number of guanidine groups is 2. The Balaban J connectivity index is 2.25. The van der Waals surface area contributed by atoms with Crippen LogP contribution in [0.3, 0.4) is 0 Å². The van der Waals surface area contributed by atoms with Crippen molar-refractivity contribution in [1.29, 1.82) is 0 Å². The second-order valence-corrected chi connectivity index (χ2v) is 4.88. The lowest BCUT2D eigenvalue weighted by Gasteiger charge is -2.32. The molecule has 0 amide bonds. The highest BCUT2D eigenvalue weighted by Crippen LogP contribution is 2.19. The van der Waals surface area contributed by atoms with Crippen molar-refractivity contribution in [3.05, 3.63) is 12.7 Å². The van der Waals surface area contributed by atoms with Gasteiger partial charge in [-0.1, -0.05) is 6.58 Å². The molecule has 0 aromatic heterocycles. The van der Waals surface area contributed by atoms with Crippen LogP contribution in [-0.4, -0.2) is 54.6 Å². The van der Waals surface area contributed by atoms with Gasteiger partial charge in [0.2, 0.25) is 11.9 Å². The van der Waals surface area contributed by atoms with Crippen molar-refractivity contribution in [2.45, 2.75) is 25.4 Å². The number of aliphatic imine (C=N–C) groups is 2. The van der Waals surface area contributed by atoms with Gasteiger partial charge < -0.3 is 9.80 Å². The van der Waals surface area contributed by atoms with Crippen molar-refractivity contribution in [1.82, 2.24) is 15.1 Å². The minimum Gasteiger partial charge on any atom is -0.349 e. The van der Waals surface area contributed by atoms with E-state index in [1.54, 1.807) is 6.08 Å². The first-order valence-electron chi connectivity index (χ1n) is 6.07. The average Bonchev–Trinajstić information content (AvgIpc) is 2.82. The fraction of sp³-hybridized carbons (Fsp3) is 0.667. The van der Waals surface area contributed by atoms with E-state index in [0.717, 1.165) is 25.0 Å². The SMILES string of the molecule is C=CC1(C)N=C(N(C)C)NC(N2CCCC2)=N1. The van der Waals surface area contributed by atoms with E-state index in [2.05, 4.69) is 26.8 Å². The molecule has 0 bridgehead atoms. The van der Waals surface area contributed by atoms with Crippen LogP contribution in [0.15, 0.2) is 22.6 Å². The van der Waals surface area contributed by atoms with E-state index < -0.39 is 5.66 Å². The van der Waals surface area contributed by atoms with Crippen LogP contribution >= 0.6 is 0 Å². The molecule has 0 aromatic rings. The monoisotopic (exact) mass is 235 g/mol. The Hall–Kier alpha value is -1.52. The van der Waals surface area contributed by atoms with Gasteiger partial charge in [0.1, 0.15) is 0 Å². The van der Waals surface area contributed by atoms with Crippen LogP contribution in [0.5, 0.6) is 0 Å². The van der Waals surface area contributed by atoms with Gasteiger partial charge >= 0.3 is 0 Å². The van der Waals surface area contributed by atoms with Crippen molar-refractivity contribution in [2.24, 2.45) is 9.98 Å². The Morgan fingerprint density at radius 1 is 1.35 bits per heavy atom. The predicted octanol–water partition coefficient (Wildman–Crippen LogP) is 0.861. The van der Waals surface area contributed by atoms with Crippen LogP contribution in [0.1, 0.15) is 19.8 Å². The smallest absolute Gasteiger partial charge is 0.203 e. The molecule has 0 aliphatic carbocycles. The topological polar surface area (TPSA) is 43.2 Å². The van der Waals surface area contributed by atoms with Crippen molar-refractivity contribution in [3.8, 4) is 0 Å². The van der Waals surface area contributed by atoms with Crippen molar-refractivity contribution in [2.75, 3.05) is 27.2 Å². The third-order valence-electron chi connectivity index (χ3n) is 3.10. The molecule has 1 N–H and O–H groups in total. The number of likely N-dealkylation sites (tertiary alicyclic amines) is 1. The summed E-state index contributed by atoms with van der Waals surface area (Å²) in [7, 11) is 3.95. The summed E-state index contributed by atoms with van der Waals surface area (Å²) < 4.78 is 0. The normalized spacial score (nSPS) is 28.3. The maximum atomic E-state index is 4.65. The van der Waals surface area contributed by atoms with E-state index in [1.165, 1.54) is 12.8 Å². The number of hydrogen-bond donors (Lipinski definition) is 1. The van der Waals surface area contributed by atoms with Gasteiger partial charge in [-0.3, -0.25) is 5.32 Å². The van der Waals surface area contributed by atoms with Crippen LogP contribution in [0.4, 0.5) is 0 Å². The van der Waals surface area contributed by atoms with Gasteiger partial charge in [0.15, 0.2) is 5.66 Å². The van der Waals surface area contributed by atoms with E-state index in [0.29, 0.717) is 0 Å². The van der Waals surface area contributed by atoms with Gasteiger partial charge in [-0.2, -0.15) is 0 Å². The summed E-state index contributed by atoms with van der Waals surface area (Å²) in [5.74, 6) is 1.76. The van der Waals surface area contributed by atoms with Crippen LogP contribution < -0.4 is 5.32 Å². The van der Waals surface area contributed by atoms with Gasteiger partial charge in [-0.05, 0) is 25.8 Å². The molecule has 1 fully saturated rings. The summed E-state index contributed by atoms with van der Waals surface area (Å²) in [6.45, 7) is 7.94. The molecule has 5 heteroatoms. The first-order valence-corrected chi connectivity index (χ1v) is 6.07. The Morgan fingerprint density at radius 2 is 2.00 bits per heavy atom. The maximum Gasteiger partial charge on any atom is 0.203 e. The molecule has 17 heavy (non-hydrogen) atoms. The van der Waals surface area contributed by atoms with Crippen LogP contribution in [0.2, 0.25) is 0 Å². The fourth-order valence-electron chi connectivity index (χ4n) is 1.99. The molecular formula is C12H21N5. The highest BCUT2D eigenvalue weighted by Gasteiger charge is 2.29. The lowest BCUT2D eigenvalue weighted by atomic mass is 10.2. The minimum atomic E-state index is -0.553. The molecule has 2 aliphatic heterocycles. The number of hydrogen-bond acceptors (Lipinski definition) is 5. The maximum absolute atomic E-state index is 4.65. The molecule has 1 unspecified atom stereocenters. The summed E-state index contributed by atoms with van der Waals surface area (Å²) >= 11 is 0. The highest BCUT2D eigenvalue weighted by atomic mass is 15.4. The third kappa shape index (κ3) is 2.43. The molecule has 2 heterocycles. The molecule has 94 valence electrons. The van der Waals surface area contributed by atoms with Crippen LogP contribution in [-0.2, 0) is 0 Å². The second-order valence-electron chi connectivity index (χ2n) is 4.88. The summed E-state index contributed by atoms with van der Waals surface area (Å²) in [6, 6.07) is 0. The van der Waals surface area contributed by atoms with E-state index in [4.69, 9.17) is 0 Å². The largest absolute Gasteiger partial charge is 0.349 e. The second kappa shape index (κ2) is 4.39. The zero-order valence-corrected chi connectivity index (χ0v) is 10.9. The lowest BCUT2D eigenvalue weighted by Crippen LogP contribution is -2.52. The van der Waals surface area contributed by atoms with Crippen molar-refractivity contribution < 1.29 is 0 Å². The number of nitrogens with one attached hydrogen (secondary N) is 1. The van der Waals surface area contributed by atoms with E-state index in [1.807, 2.05) is 25.9 Å². The molecule has 1 saturated heterocycles. The summed E-state index contributed by atoms with van der Waals surface area (Å²) in [5, 5.41) is 3.29. The first-order chi connectivity index (χ1) is 8.04. The molecule has 0 spiro atoms. The van der Waals surface area contributed by atoms with Gasteiger partial charge in [-0.25, -0.2) is 9.98 Å².